The first kappa shape index (κ1) is 18.6. The minimum atomic E-state index is -4.34. The maximum atomic E-state index is 13.1. The van der Waals surface area contributed by atoms with E-state index in [9.17, 15) is 13.2 Å². The molecule has 2 bridgehead atoms. The molecular formula is C20H22F3N5. The minimum absolute atomic E-state index is 0.0800. The van der Waals surface area contributed by atoms with E-state index >= 15 is 0 Å². The largest absolute Gasteiger partial charge is 0.408 e. The van der Waals surface area contributed by atoms with Crippen molar-refractivity contribution in [3.8, 4) is 0 Å². The number of hydrogen-bond donors (Lipinski definition) is 1. The highest BCUT2D eigenvalue weighted by Crippen LogP contribution is 2.42. The van der Waals surface area contributed by atoms with Gasteiger partial charge in [0.25, 0.3) is 0 Å². The van der Waals surface area contributed by atoms with Gasteiger partial charge in [0, 0.05) is 19.3 Å². The number of rotatable bonds is 5. The summed E-state index contributed by atoms with van der Waals surface area (Å²) < 4.78 is 39.4. The maximum absolute atomic E-state index is 13.1. The Bertz CT molecular complexity index is 868. The topological polar surface area (TPSA) is 44.3 Å². The zero-order valence-electron chi connectivity index (χ0n) is 15.6. The molecule has 2 aliphatic rings. The molecule has 1 saturated heterocycles. The third-order valence-corrected chi connectivity index (χ3v) is 5.31. The van der Waals surface area contributed by atoms with Crippen LogP contribution in [0.4, 0.5) is 30.5 Å². The molecule has 2 aromatic rings. The van der Waals surface area contributed by atoms with Crippen LogP contribution in [0.5, 0.6) is 0 Å². The molecule has 2 atom stereocenters. The van der Waals surface area contributed by atoms with E-state index in [1.54, 1.807) is 12.3 Å². The van der Waals surface area contributed by atoms with E-state index in [1.807, 2.05) is 24.3 Å². The SMILES string of the molecule is C=C(NC(CC)C(F)(F)F)c1ccc2c(n1)N(c1ccccn1)[C@H]1CCN2C1. The van der Waals surface area contributed by atoms with Gasteiger partial charge in [0.1, 0.15) is 11.9 Å². The van der Waals surface area contributed by atoms with Gasteiger partial charge >= 0.3 is 6.18 Å². The van der Waals surface area contributed by atoms with Crippen molar-refractivity contribution in [2.45, 2.75) is 38.0 Å². The van der Waals surface area contributed by atoms with Crippen molar-refractivity contribution in [1.29, 1.82) is 0 Å². The molecule has 2 aromatic heterocycles. The van der Waals surface area contributed by atoms with Crippen molar-refractivity contribution in [1.82, 2.24) is 15.3 Å². The summed E-state index contributed by atoms with van der Waals surface area (Å²) in [5, 5.41) is 2.49. The lowest BCUT2D eigenvalue weighted by atomic mass is 10.1. The summed E-state index contributed by atoms with van der Waals surface area (Å²) in [6.07, 6.45) is -1.70. The van der Waals surface area contributed by atoms with Crippen molar-refractivity contribution in [2.24, 2.45) is 0 Å². The summed E-state index contributed by atoms with van der Waals surface area (Å²) in [4.78, 5) is 13.5. The molecule has 2 aliphatic heterocycles. The van der Waals surface area contributed by atoms with Gasteiger partial charge in [-0.3, -0.25) is 0 Å². The Hall–Kier alpha value is -2.77. The average molecular weight is 389 g/mol. The van der Waals surface area contributed by atoms with E-state index < -0.39 is 12.2 Å². The summed E-state index contributed by atoms with van der Waals surface area (Å²) in [6, 6.07) is 7.93. The lowest BCUT2D eigenvalue weighted by Crippen LogP contribution is -2.41. The number of hydrogen-bond acceptors (Lipinski definition) is 5. The number of nitrogens with zero attached hydrogens (tertiary/aromatic N) is 4. The quantitative estimate of drug-likeness (QED) is 0.834. The Labute approximate surface area is 161 Å². The van der Waals surface area contributed by atoms with E-state index in [1.165, 1.54) is 6.92 Å². The summed E-state index contributed by atoms with van der Waals surface area (Å²) >= 11 is 0. The lowest BCUT2D eigenvalue weighted by Gasteiger charge is -2.36. The van der Waals surface area contributed by atoms with Crippen molar-refractivity contribution in [3.05, 3.63) is 48.8 Å². The fourth-order valence-electron chi connectivity index (χ4n) is 3.87. The smallest absolute Gasteiger partial charge is 0.373 e. The van der Waals surface area contributed by atoms with Gasteiger partial charge in [-0.25, -0.2) is 9.97 Å². The van der Waals surface area contributed by atoms with E-state index in [4.69, 9.17) is 4.98 Å². The Balaban J connectivity index is 1.69. The van der Waals surface area contributed by atoms with Crippen molar-refractivity contribution < 1.29 is 13.2 Å². The standard InChI is InChI=1S/C20H22F3N5/c1-3-17(20(21,22)23)25-13(2)15-7-8-16-19(26-15)28(14-9-11-27(16)12-14)18-6-4-5-10-24-18/h4-8,10,14,17,25H,2-3,9,11-12H2,1H3/t14-,17?/m0/s1. The zero-order valence-corrected chi connectivity index (χ0v) is 15.6. The molecule has 0 aromatic carbocycles. The van der Waals surface area contributed by atoms with Crippen molar-refractivity contribution in [3.63, 3.8) is 0 Å². The van der Waals surface area contributed by atoms with Gasteiger partial charge in [-0.15, -0.1) is 0 Å². The first-order valence-corrected chi connectivity index (χ1v) is 9.37. The van der Waals surface area contributed by atoms with Gasteiger partial charge in [0.2, 0.25) is 0 Å². The predicted molar refractivity (Wildman–Crippen MR) is 104 cm³/mol. The van der Waals surface area contributed by atoms with E-state index in [-0.39, 0.29) is 18.2 Å². The highest BCUT2D eigenvalue weighted by Gasteiger charge is 2.40. The highest BCUT2D eigenvalue weighted by atomic mass is 19.4. The monoisotopic (exact) mass is 389 g/mol. The Morgan fingerprint density at radius 2 is 2.14 bits per heavy atom. The maximum Gasteiger partial charge on any atom is 0.408 e. The molecule has 0 radical (unpaired) electrons. The predicted octanol–water partition coefficient (Wildman–Crippen LogP) is 4.11. The number of nitrogens with one attached hydrogen (secondary N) is 1. The fourth-order valence-corrected chi connectivity index (χ4v) is 3.87. The van der Waals surface area contributed by atoms with Crippen LogP contribution < -0.4 is 15.1 Å². The number of fused-ring (bicyclic) bond motifs is 4. The molecule has 1 N–H and O–H groups in total. The highest BCUT2D eigenvalue weighted by molar-refractivity contribution is 5.79. The van der Waals surface area contributed by atoms with Crippen LogP contribution in [-0.4, -0.2) is 41.3 Å². The second-order valence-electron chi connectivity index (χ2n) is 7.11. The van der Waals surface area contributed by atoms with Crippen LogP contribution in [0.15, 0.2) is 43.1 Å². The number of halogens is 3. The molecule has 0 saturated carbocycles. The van der Waals surface area contributed by atoms with Gasteiger partial charge in [-0.1, -0.05) is 19.6 Å². The molecule has 1 unspecified atom stereocenters. The van der Waals surface area contributed by atoms with Crippen molar-refractivity contribution in [2.75, 3.05) is 22.9 Å². The Kier molecular flexibility index (Phi) is 4.64. The molecular weight excluding hydrogens is 367 g/mol. The number of aromatic nitrogens is 2. The van der Waals surface area contributed by atoms with Gasteiger partial charge in [-0.05, 0) is 37.1 Å². The molecule has 1 fully saturated rings. The lowest BCUT2D eigenvalue weighted by molar-refractivity contribution is -0.153. The van der Waals surface area contributed by atoms with Crippen LogP contribution >= 0.6 is 0 Å². The first-order chi connectivity index (χ1) is 13.4. The molecule has 0 amide bonds. The minimum Gasteiger partial charge on any atom is -0.373 e. The van der Waals surface area contributed by atoms with E-state index in [0.29, 0.717) is 11.5 Å². The van der Waals surface area contributed by atoms with Gasteiger partial charge in [-0.2, -0.15) is 13.2 Å². The normalized spacial score (nSPS) is 19.4. The van der Waals surface area contributed by atoms with Crippen molar-refractivity contribution >= 4 is 23.0 Å². The third kappa shape index (κ3) is 3.27. The van der Waals surface area contributed by atoms with Crippen LogP contribution in [0.3, 0.4) is 0 Å². The number of pyridine rings is 2. The molecule has 0 spiro atoms. The fraction of sp³-hybridized carbons (Fsp3) is 0.400. The Morgan fingerprint density at radius 3 is 2.82 bits per heavy atom. The van der Waals surface area contributed by atoms with E-state index in [0.717, 1.165) is 31.0 Å². The van der Waals surface area contributed by atoms with Crippen LogP contribution in [0.2, 0.25) is 0 Å². The van der Waals surface area contributed by atoms with Gasteiger partial charge in [0.15, 0.2) is 5.82 Å². The first-order valence-electron chi connectivity index (χ1n) is 9.37. The summed E-state index contributed by atoms with van der Waals surface area (Å²) in [6.45, 7) is 7.11. The molecule has 0 aliphatic carbocycles. The van der Waals surface area contributed by atoms with Gasteiger partial charge < -0.3 is 15.1 Å². The second kappa shape index (κ2) is 7.00. The van der Waals surface area contributed by atoms with Crippen LogP contribution in [0.25, 0.3) is 5.70 Å². The molecule has 8 heteroatoms. The molecule has 5 nitrogen and oxygen atoms in total. The summed E-state index contributed by atoms with van der Waals surface area (Å²) in [5.41, 5.74) is 1.55. The van der Waals surface area contributed by atoms with Gasteiger partial charge in [0.05, 0.1) is 23.1 Å². The van der Waals surface area contributed by atoms with Crippen LogP contribution in [0, 0.1) is 0 Å². The summed E-state index contributed by atoms with van der Waals surface area (Å²) in [5.74, 6) is 1.51. The molecule has 4 heterocycles. The zero-order chi connectivity index (χ0) is 19.9. The second-order valence-corrected chi connectivity index (χ2v) is 7.11. The van der Waals surface area contributed by atoms with Crippen LogP contribution in [-0.2, 0) is 0 Å². The molecule has 148 valence electrons. The number of anilines is 3. The van der Waals surface area contributed by atoms with Crippen LogP contribution in [0.1, 0.15) is 25.5 Å². The third-order valence-electron chi connectivity index (χ3n) is 5.31. The molecule has 4 rings (SSSR count). The Morgan fingerprint density at radius 1 is 1.32 bits per heavy atom. The number of alkyl halides is 3. The molecule has 28 heavy (non-hydrogen) atoms. The van der Waals surface area contributed by atoms with E-state index in [2.05, 4.69) is 26.7 Å². The average Bonchev–Trinajstić information content (AvgIpc) is 3.10. The summed E-state index contributed by atoms with van der Waals surface area (Å²) in [7, 11) is 0.